The van der Waals surface area contributed by atoms with Gasteiger partial charge in [-0.2, -0.15) is 0 Å². The van der Waals surface area contributed by atoms with Crippen LogP contribution in [0, 0.1) is 0 Å². The molecule has 1 aliphatic heterocycles. The monoisotopic (exact) mass is 186 g/mol. The number of hydrogen-bond acceptors (Lipinski definition) is 3. The number of rotatable bonds is 3. The van der Waals surface area contributed by atoms with Gasteiger partial charge in [0.25, 0.3) is 0 Å². The fraction of sp³-hybridized carbons (Fsp3) is 1.00. The number of hydrogen-bond donors (Lipinski definition) is 2. The lowest BCUT2D eigenvalue weighted by atomic mass is 10.1. The second-order valence-electron chi connectivity index (χ2n) is 4.83. The summed E-state index contributed by atoms with van der Waals surface area (Å²) in [6.07, 6.45) is 1.53. The van der Waals surface area contributed by atoms with Crippen LogP contribution in [0.5, 0.6) is 0 Å². The van der Waals surface area contributed by atoms with Crippen molar-refractivity contribution in [1.82, 2.24) is 10.6 Å². The van der Waals surface area contributed by atoms with Gasteiger partial charge >= 0.3 is 0 Å². The average Bonchev–Trinajstić information content (AvgIpc) is 2.47. The Morgan fingerprint density at radius 3 is 2.62 bits per heavy atom. The van der Waals surface area contributed by atoms with Crippen LogP contribution in [0.2, 0.25) is 0 Å². The highest BCUT2D eigenvalue weighted by Crippen LogP contribution is 2.09. The Hall–Kier alpha value is -0.120. The van der Waals surface area contributed by atoms with E-state index in [1.807, 2.05) is 0 Å². The Kier molecular flexibility index (Phi) is 3.71. The van der Waals surface area contributed by atoms with Gasteiger partial charge in [0.15, 0.2) is 0 Å². The molecular weight excluding hydrogens is 164 g/mol. The van der Waals surface area contributed by atoms with Gasteiger partial charge in [-0.3, -0.25) is 0 Å². The minimum Gasteiger partial charge on any atom is -0.380 e. The summed E-state index contributed by atoms with van der Waals surface area (Å²) < 4.78 is 5.28. The van der Waals surface area contributed by atoms with Gasteiger partial charge in [-0.25, -0.2) is 0 Å². The molecule has 2 atom stereocenters. The molecule has 1 saturated heterocycles. The van der Waals surface area contributed by atoms with E-state index < -0.39 is 0 Å². The Morgan fingerprint density at radius 2 is 2.15 bits per heavy atom. The predicted octanol–water partition coefficient (Wildman–Crippen LogP) is 0.751. The fourth-order valence-corrected chi connectivity index (χ4v) is 1.55. The van der Waals surface area contributed by atoms with E-state index in [-0.39, 0.29) is 5.54 Å². The summed E-state index contributed by atoms with van der Waals surface area (Å²) in [6.45, 7) is 8.59. The minimum absolute atomic E-state index is 0.215. The van der Waals surface area contributed by atoms with Crippen LogP contribution in [0.4, 0.5) is 0 Å². The van der Waals surface area contributed by atoms with E-state index in [2.05, 4.69) is 31.4 Å². The highest BCUT2D eigenvalue weighted by atomic mass is 16.5. The standard InChI is InChI=1S/C10H22N2O/c1-10(2,3)12-6-8-5-9(13-4)7-11-8/h8-9,11-12H,5-7H2,1-4H3. The van der Waals surface area contributed by atoms with E-state index in [0.717, 1.165) is 19.5 Å². The molecule has 0 spiro atoms. The zero-order valence-corrected chi connectivity index (χ0v) is 9.18. The van der Waals surface area contributed by atoms with E-state index in [1.165, 1.54) is 0 Å². The predicted molar refractivity (Wildman–Crippen MR) is 55.0 cm³/mol. The highest BCUT2D eigenvalue weighted by molar-refractivity contribution is 4.85. The molecule has 1 fully saturated rings. The molecule has 0 aliphatic carbocycles. The van der Waals surface area contributed by atoms with Crippen LogP contribution in [-0.2, 0) is 4.74 Å². The molecular formula is C10H22N2O. The maximum absolute atomic E-state index is 5.28. The SMILES string of the molecule is COC1CNC(CNC(C)(C)C)C1. The van der Waals surface area contributed by atoms with E-state index >= 15 is 0 Å². The third-order valence-corrected chi connectivity index (χ3v) is 2.39. The molecule has 1 rings (SSSR count). The lowest BCUT2D eigenvalue weighted by Crippen LogP contribution is -2.43. The Labute approximate surface area is 81.2 Å². The van der Waals surface area contributed by atoms with Crippen LogP contribution < -0.4 is 10.6 Å². The van der Waals surface area contributed by atoms with Crippen molar-refractivity contribution in [3.63, 3.8) is 0 Å². The Morgan fingerprint density at radius 1 is 1.46 bits per heavy atom. The molecule has 78 valence electrons. The molecule has 0 amide bonds. The molecule has 2 unspecified atom stereocenters. The van der Waals surface area contributed by atoms with Crippen molar-refractivity contribution in [3.8, 4) is 0 Å². The first-order chi connectivity index (χ1) is 6.01. The molecule has 0 saturated carbocycles. The van der Waals surface area contributed by atoms with Crippen molar-refractivity contribution >= 4 is 0 Å². The van der Waals surface area contributed by atoms with Gasteiger partial charge in [0, 0.05) is 31.8 Å². The Balaban J connectivity index is 2.17. The van der Waals surface area contributed by atoms with Crippen LogP contribution in [0.1, 0.15) is 27.2 Å². The highest BCUT2D eigenvalue weighted by Gasteiger charge is 2.24. The van der Waals surface area contributed by atoms with Crippen LogP contribution >= 0.6 is 0 Å². The molecule has 1 heterocycles. The summed E-state index contributed by atoms with van der Waals surface area (Å²) >= 11 is 0. The molecule has 1 aliphatic rings. The molecule has 2 N–H and O–H groups in total. The lowest BCUT2D eigenvalue weighted by molar-refractivity contribution is 0.117. The van der Waals surface area contributed by atoms with Crippen molar-refractivity contribution in [2.45, 2.75) is 44.9 Å². The first-order valence-corrected chi connectivity index (χ1v) is 5.02. The number of nitrogens with one attached hydrogen (secondary N) is 2. The van der Waals surface area contributed by atoms with E-state index in [9.17, 15) is 0 Å². The van der Waals surface area contributed by atoms with E-state index in [1.54, 1.807) is 7.11 Å². The van der Waals surface area contributed by atoms with Crippen molar-refractivity contribution in [2.24, 2.45) is 0 Å². The molecule has 13 heavy (non-hydrogen) atoms. The second-order valence-corrected chi connectivity index (χ2v) is 4.83. The van der Waals surface area contributed by atoms with Crippen molar-refractivity contribution < 1.29 is 4.74 Å². The van der Waals surface area contributed by atoms with E-state index in [0.29, 0.717) is 12.1 Å². The number of ether oxygens (including phenoxy) is 1. The van der Waals surface area contributed by atoms with Gasteiger partial charge in [-0.1, -0.05) is 0 Å². The quantitative estimate of drug-likeness (QED) is 0.682. The van der Waals surface area contributed by atoms with Crippen LogP contribution in [0.3, 0.4) is 0 Å². The smallest absolute Gasteiger partial charge is 0.0711 e. The van der Waals surface area contributed by atoms with Crippen LogP contribution in [0.15, 0.2) is 0 Å². The first kappa shape index (κ1) is 11.0. The maximum Gasteiger partial charge on any atom is 0.0711 e. The van der Waals surface area contributed by atoms with Crippen molar-refractivity contribution in [1.29, 1.82) is 0 Å². The van der Waals surface area contributed by atoms with Gasteiger partial charge in [0.05, 0.1) is 6.10 Å². The van der Waals surface area contributed by atoms with Gasteiger partial charge in [0.2, 0.25) is 0 Å². The molecule has 0 bridgehead atoms. The molecule has 0 aromatic heterocycles. The summed E-state index contributed by atoms with van der Waals surface area (Å²) in [4.78, 5) is 0. The third kappa shape index (κ3) is 4.07. The van der Waals surface area contributed by atoms with Gasteiger partial charge in [-0.05, 0) is 27.2 Å². The molecule has 0 radical (unpaired) electrons. The summed E-state index contributed by atoms with van der Waals surface area (Å²) in [6, 6.07) is 0.573. The van der Waals surface area contributed by atoms with Crippen LogP contribution in [0.25, 0.3) is 0 Å². The van der Waals surface area contributed by atoms with Crippen molar-refractivity contribution in [2.75, 3.05) is 20.2 Å². The van der Waals surface area contributed by atoms with Gasteiger partial charge in [0.1, 0.15) is 0 Å². The zero-order chi connectivity index (χ0) is 9.90. The van der Waals surface area contributed by atoms with Crippen LogP contribution in [-0.4, -0.2) is 37.9 Å². The summed E-state index contributed by atoms with van der Waals surface area (Å²) in [5.41, 5.74) is 0.215. The summed E-state index contributed by atoms with van der Waals surface area (Å²) in [5.74, 6) is 0. The first-order valence-electron chi connectivity index (χ1n) is 5.02. The van der Waals surface area contributed by atoms with Gasteiger partial charge in [-0.15, -0.1) is 0 Å². The Bertz CT molecular complexity index is 153. The van der Waals surface area contributed by atoms with Crippen molar-refractivity contribution in [3.05, 3.63) is 0 Å². The lowest BCUT2D eigenvalue weighted by Gasteiger charge is -2.23. The van der Waals surface area contributed by atoms with Gasteiger partial charge < -0.3 is 15.4 Å². The minimum atomic E-state index is 0.215. The number of methoxy groups -OCH3 is 1. The molecule has 0 aromatic rings. The zero-order valence-electron chi connectivity index (χ0n) is 9.18. The largest absolute Gasteiger partial charge is 0.380 e. The maximum atomic E-state index is 5.28. The second kappa shape index (κ2) is 4.40. The normalized spacial score (nSPS) is 29.5. The average molecular weight is 186 g/mol. The molecule has 0 aromatic carbocycles. The summed E-state index contributed by atoms with van der Waals surface area (Å²) in [7, 11) is 1.78. The third-order valence-electron chi connectivity index (χ3n) is 2.39. The molecule has 3 nitrogen and oxygen atoms in total. The summed E-state index contributed by atoms with van der Waals surface area (Å²) in [5, 5.41) is 6.93. The molecule has 3 heteroatoms. The van der Waals surface area contributed by atoms with E-state index in [4.69, 9.17) is 4.74 Å². The fourth-order valence-electron chi connectivity index (χ4n) is 1.55. The topological polar surface area (TPSA) is 33.3 Å².